The van der Waals surface area contributed by atoms with E-state index in [9.17, 15) is 9.59 Å². The molecule has 1 heterocycles. The summed E-state index contributed by atoms with van der Waals surface area (Å²) in [5.74, 6) is -0.486. The van der Waals surface area contributed by atoms with E-state index in [2.05, 4.69) is 10.6 Å². The highest BCUT2D eigenvalue weighted by Gasteiger charge is 2.12. The van der Waals surface area contributed by atoms with Crippen molar-refractivity contribution in [1.82, 2.24) is 0 Å². The smallest absolute Gasteiger partial charge is 0.291 e. The van der Waals surface area contributed by atoms with E-state index < -0.39 is 5.91 Å². The summed E-state index contributed by atoms with van der Waals surface area (Å²) < 4.78 is 5.03. The van der Waals surface area contributed by atoms with Crippen molar-refractivity contribution in [2.75, 3.05) is 10.6 Å². The molecular weight excluding hydrogens is 411 g/mol. The third-order valence-corrected chi connectivity index (χ3v) is 4.65. The van der Waals surface area contributed by atoms with Gasteiger partial charge in [-0.2, -0.15) is 0 Å². The van der Waals surface area contributed by atoms with E-state index in [1.165, 1.54) is 6.26 Å². The van der Waals surface area contributed by atoms with Crippen molar-refractivity contribution in [2.24, 2.45) is 0 Å². The fourth-order valence-corrected chi connectivity index (χ4v) is 2.87. The Labute approximate surface area is 170 Å². The van der Waals surface area contributed by atoms with Gasteiger partial charge in [-0.05, 0) is 48.0 Å². The molecule has 0 fully saturated rings. The van der Waals surface area contributed by atoms with Crippen LogP contribution in [0.25, 0.3) is 0 Å². The first-order valence-corrected chi connectivity index (χ1v) is 8.94. The lowest BCUT2D eigenvalue weighted by molar-refractivity contribution is -0.115. The van der Waals surface area contributed by atoms with Gasteiger partial charge in [0.25, 0.3) is 5.91 Å². The number of nitrogens with one attached hydrogen (secondary N) is 2. The topological polar surface area (TPSA) is 71.3 Å². The fraction of sp³-hybridized carbons (Fsp3) is 0.0526. The van der Waals surface area contributed by atoms with Gasteiger partial charge >= 0.3 is 0 Å². The van der Waals surface area contributed by atoms with Crippen molar-refractivity contribution in [1.29, 1.82) is 0 Å². The summed E-state index contributed by atoms with van der Waals surface area (Å²) in [6, 6.07) is 12.9. The minimum absolute atomic E-state index is 0.130. The molecule has 138 valence electrons. The van der Waals surface area contributed by atoms with Gasteiger partial charge in [0.2, 0.25) is 5.91 Å². The predicted octanol–water partition coefficient (Wildman–Crippen LogP) is 5.67. The molecule has 0 aliphatic carbocycles. The van der Waals surface area contributed by atoms with Gasteiger partial charge in [0.15, 0.2) is 5.76 Å². The lowest BCUT2D eigenvalue weighted by atomic mass is 10.1. The van der Waals surface area contributed by atoms with Crippen molar-refractivity contribution >= 4 is 58.0 Å². The molecule has 2 N–H and O–H groups in total. The van der Waals surface area contributed by atoms with E-state index in [-0.39, 0.29) is 23.1 Å². The fourth-order valence-electron chi connectivity index (χ4n) is 2.33. The van der Waals surface area contributed by atoms with Crippen LogP contribution in [-0.2, 0) is 11.2 Å². The van der Waals surface area contributed by atoms with Gasteiger partial charge in [0.1, 0.15) is 0 Å². The molecular formula is C19H13Cl3N2O3. The van der Waals surface area contributed by atoms with E-state index in [0.29, 0.717) is 21.4 Å². The summed E-state index contributed by atoms with van der Waals surface area (Å²) in [5.41, 5.74) is 1.64. The number of carbonyl (C=O) groups is 2. The van der Waals surface area contributed by atoms with E-state index in [4.69, 9.17) is 39.2 Å². The molecule has 0 saturated heterocycles. The van der Waals surface area contributed by atoms with Gasteiger partial charge < -0.3 is 15.1 Å². The standard InChI is InChI=1S/C19H13Cl3N2O3/c20-13-5-3-11(8-14(13)21)9-18(25)23-12-4-6-16(15(22)10-12)24-19(26)17-2-1-7-27-17/h1-8,10H,9H2,(H,23,25)(H,24,26). The summed E-state index contributed by atoms with van der Waals surface area (Å²) in [6.07, 6.45) is 1.54. The van der Waals surface area contributed by atoms with Crippen LogP contribution in [0.5, 0.6) is 0 Å². The zero-order valence-electron chi connectivity index (χ0n) is 13.8. The van der Waals surface area contributed by atoms with Crippen LogP contribution >= 0.6 is 34.8 Å². The average Bonchev–Trinajstić information content (AvgIpc) is 3.15. The number of benzene rings is 2. The zero-order valence-corrected chi connectivity index (χ0v) is 16.0. The Morgan fingerprint density at radius 3 is 2.37 bits per heavy atom. The van der Waals surface area contributed by atoms with E-state index >= 15 is 0 Å². The molecule has 0 spiro atoms. The minimum Gasteiger partial charge on any atom is -0.459 e. The number of furan rings is 1. The Hall–Kier alpha value is -2.47. The molecule has 0 aliphatic heterocycles. The normalized spacial score (nSPS) is 10.5. The summed E-state index contributed by atoms with van der Waals surface area (Å²) in [7, 11) is 0. The number of anilines is 2. The summed E-state index contributed by atoms with van der Waals surface area (Å²) in [4.78, 5) is 24.2. The Kier molecular flexibility index (Phi) is 6.06. The monoisotopic (exact) mass is 422 g/mol. The van der Waals surface area contributed by atoms with Gasteiger partial charge in [-0.15, -0.1) is 0 Å². The highest BCUT2D eigenvalue weighted by Crippen LogP contribution is 2.27. The van der Waals surface area contributed by atoms with Crippen LogP contribution in [0.15, 0.2) is 59.2 Å². The quantitative estimate of drug-likeness (QED) is 0.555. The summed E-state index contributed by atoms with van der Waals surface area (Å²) in [6.45, 7) is 0. The number of hydrogen-bond donors (Lipinski definition) is 2. The van der Waals surface area contributed by atoms with Crippen molar-refractivity contribution in [3.05, 3.63) is 81.2 Å². The third kappa shape index (κ3) is 5.04. The van der Waals surface area contributed by atoms with Crippen LogP contribution in [0.1, 0.15) is 16.1 Å². The van der Waals surface area contributed by atoms with Crippen molar-refractivity contribution in [3.63, 3.8) is 0 Å². The Morgan fingerprint density at radius 2 is 1.70 bits per heavy atom. The summed E-state index contributed by atoms with van der Waals surface area (Å²) in [5, 5.41) is 6.48. The molecule has 1 aromatic heterocycles. The molecule has 8 heteroatoms. The molecule has 0 radical (unpaired) electrons. The van der Waals surface area contributed by atoms with Crippen molar-refractivity contribution in [3.8, 4) is 0 Å². The minimum atomic E-state index is -0.418. The van der Waals surface area contributed by atoms with Crippen LogP contribution in [0.4, 0.5) is 11.4 Å². The third-order valence-electron chi connectivity index (χ3n) is 3.59. The Morgan fingerprint density at radius 1 is 0.889 bits per heavy atom. The first-order chi connectivity index (χ1) is 12.9. The summed E-state index contributed by atoms with van der Waals surface area (Å²) >= 11 is 18.0. The molecule has 2 amide bonds. The highest BCUT2D eigenvalue weighted by molar-refractivity contribution is 6.42. The molecule has 0 saturated carbocycles. The van der Waals surface area contributed by atoms with Gasteiger partial charge in [-0.25, -0.2) is 0 Å². The first-order valence-electron chi connectivity index (χ1n) is 7.80. The van der Waals surface area contributed by atoms with Crippen LogP contribution < -0.4 is 10.6 Å². The second-order valence-electron chi connectivity index (χ2n) is 5.60. The maximum Gasteiger partial charge on any atom is 0.291 e. The van der Waals surface area contributed by atoms with Crippen molar-refractivity contribution in [2.45, 2.75) is 6.42 Å². The van der Waals surface area contributed by atoms with Gasteiger partial charge in [-0.1, -0.05) is 40.9 Å². The van der Waals surface area contributed by atoms with Gasteiger partial charge in [-0.3, -0.25) is 9.59 Å². The second-order valence-corrected chi connectivity index (χ2v) is 6.82. The van der Waals surface area contributed by atoms with E-state index in [1.54, 1.807) is 48.5 Å². The molecule has 5 nitrogen and oxygen atoms in total. The van der Waals surface area contributed by atoms with Crippen LogP contribution in [0.3, 0.4) is 0 Å². The number of carbonyl (C=O) groups excluding carboxylic acids is 2. The number of rotatable bonds is 5. The van der Waals surface area contributed by atoms with Gasteiger partial charge in [0, 0.05) is 5.69 Å². The molecule has 0 unspecified atom stereocenters. The van der Waals surface area contributed by atoms with Crippen molar-refractivity contribution < 1.29 is 14.0 Å². The lowest BCUT2D eigenvalue weighted by Crippen LogP contribution is -2.15. The van der Waals surface area contributed by atoms with Crippen LogP contribution in [0.2, 0.25) is 15.1 Å². The molecule has 3 aromatic rings. The molecule has 0 bridgehead atoms. The molecule has 3 rings (SSSR count). The second kappa shape index (κ2) is 8.48. The Balaban J connectivity index is 1.63. The Bertz CT molecular complexity index is 988. The largest absolute Gasteiger partial charge is 0.459 e. The SMILES string of the molecule is O=C(Cc1ccc(Cl)c(Cl)c1)Nc1ccc(NC(=O)c2ccco2)c(Cl)c1. The highest BCUT2D eigenvalue weighted by atomic mass is 35.5. The first kappa shape index (κ1) is 19.3. The number of amides is 2. The maximum atomic E-state index is 12.2. The maximum absolute atomic E-state index is 12.2. The molecule has 2 aromatic carbocycles. The van der Waals surface area contributed by atoms with E-state index in [1.807, 2.05) is 0 Å². The average molecular weight is 424 g/mol. The van der Waals surface area contributed by atoms with Crippen LogP contribution in [0, 0.1) is 0 Å². The van der Waals surface area contributed by atoms with Gasteiger partial charge in [0.05, 0.1) is 33.4 Å². The number of hydrogen-bond acceptors (Lipinski definition) is 3. The van der Waals surface area contributed by atoms with E-state index in [0.717, 1.165) is 5.56 Å². The molecule has 27 heavy (non-hydrogen) atoms. The molecule has 0 aliphatic rings. The van der Waals surface area contributed by atoms with Crippen LogP contribution in [-0.4, -0.2) is 11.8 Å². The predicted molar refractivity (Wildman–Crippen MR) is 107 cm³/mol. The lowest BCUT2D eigenvalue weighted by Gasteiger charge is -2.10. The number of halogens is 3. The molecule has 0 atom stereocenters. The zero-order chi connectivity index (χ0) is 19.4.